The maximum atomic E-state index is 12.6. The van der Waals surface area contributed by atoms with Gasteiger partial charge in [0.2, 0.25) is 0 Å². The van der Waals surface area contributed by atoms with E-state index in [4.69, 9.17) is 14.2 Å². The normalized spacial score (nSPS) is 11.3. The molecule has 6 heteroatoms. The van der Waals surface area contributed by atoms with E-state index in [2.05, 4.69) is 20.8 Å². The molecule has 0 saturated heterocycles. The van der Waals surface area contributed by atoms with Crippen molar-refractivity contribution >= 4 is 17.9 Å². The fourth-order valence-corrected chi connectivity index (χ4v) is 6.68. The topological polar surface area (TPSA) is 78.9 Å². The van der Waals surface area contributed by atoms with Crippen molar-refractivity contribution in [3.05, 3.63) is 0 Å². The summed E-state index contributed by atoms with van der Waals surface area (Å²) in [7, 11) is 0. The van der Waals surface area contributed by atoms with Crippen molar-refractivity contribution in [2.45, 2.75) is 258 Å². The molecule has 0 radical (unpaired) electrons. The van der Waals surface area contributed by atoms with Crippen LogP contribution in [0.3, 0.4) is 0 Å². The second kappa shape index (κ2) is 41.2. The molecule has 0 atom stereocenters. The monoisotopic (exact) mass is 724 g/mol. The van der Waals surface area contributed by atoms with Crippen LogP contribution in [0.4, 0.5) is 0 Å². The van der Waals surface area contributed by atoms with Crippen LogP contribution in [-0.4, -0.2) is 37.2 Å². The molecule has 0 aromatic heterocycles. The Labute approximate surface area is 317 Å². The van der Waals surface area contributed by atoms with Crippen LogP contribution in [0, 0.1) is 0 Å². The summed E-state index contributed by atoms with van der Waals surface area (Å²) in [6.07, 6.45) is 40.9. The van der Waals surface area contributed by atoms with Crippen molar-refractivity contribution in [1.29, 1.82) is 0 Å². The Hall–Kier alpha value is -1.59. The Balaban J connectivity index is 4.23. The van der Waals surface area contributed by atoms with Gasteiger partial charge in [-0.3, -0.25) is 14.4 Å². The van der Waals surface area contributed by atoms with E-state index in [9.17, 15) is 14.4 Å². The molecule has 0 aliphatic carbocycles. The maximum absolute atomic E-state index is 12.6. The van der Waals surface area contributed by atoms with Crippen LogP contribution >= 0.6 is 0 Å². The van der Waals surface area contributed by atoms with Crippen LogP contribution in [0.25, 0.3) is 0 Å². The van der Waals surface area contributed by atoms with Crippen LogP contribution in [0.2, 0.25) is 0 Å². The lowest BCUT2D eigenvalue weighted by molar-refractivity contribution is -0.167. The summed E-state index contributed by atoms with van der Waals surface area (Å²) in [6, 6.07) is 0. The van der Waals surface area contributed by atoms with Crippen LogP contribution in [0.5, 0.6) is 0 Å². The minimum atomic E-state index is -0.756. The number of hydrogen-bond donors (Lipinski definition) is 0. The van der Waals surface area contributed by atoms with E-state index in [0.29, 0.717) is 19.3 Å². The van der Waals surface area contributed by atoms with Gasteiger partial charge in [-0.05, 0) is 19.3 Å². The first-order valence-corrected chi connectivity index (χ1v) is 22.5. The quantitative estimate of drug-likeness (QED) is 0.0270. The molecule has 0 unspecified atom stereocenters. The zero-order valence-corrected chi connectivity index (χ0v) is 34.4. The van der Waals surface area contributed by atoms with Crippen molar-refractivity contribution < 1.29 is 28.6 Å². The van der Waals surface area contributed by atoms with E-state index in [1.807, 2.05) is 0 Å². The van der Waals surface area contributed by atoms with Gasteiger partial charge >= 0.3 is 17.9 Å². The van der Waals surface area contributed by atoms with Gasteiger partial charge < -0.3 is 14.2 Å². The summed E-state index contributed by atoms with van der Waals surface area (Å²) >= 11 is 0. The lowest BCUT2D eigenvalue weighted by Gasteiger charge is -2.18. The number of hydrogen-bond acceptors (Lipinski definition) is 6. The van der Waals surface area contributed by atoms with Gasteiger partial charge in [0.25, 0.3) is 0 Å². The van der Waals surface area contributed by atoms with E-state index < -0.39 is 6.10 Å². The lowest BCUT2D eigenvalue weighted by Crippen LogP contribution is -2.30. The van der Waals surface area contributed by atoms with Gasteiger partial charge in [0.05, 0.1) is 0 Å². The van der Waals surface area contributed by atoms with E-state index >= 15 is 0 Å². The van der Waals surface area contributed by atoms with Gasteiger partial charge in [-0.15, -0.1) is 0 Å². The predicted octanol–water partition coefficient (Wildman–Crippen LogP) is 14.1. The Morgan fingerprint density at radius 1 is 0.314 bits per heavy atom. The summed E-state index contributed by atoms with van der Waals surface area (Å²) < 4.78 is 16.6. The second-order valence-electron chi connectivity index (χ2n) is 15.3. The maximum Gasteiger partial charge on any atom is 0.306 e. The molecular weight excluding hydrogens is 637 g/mol. The number of esters is 3. The van der Waals surface area contributed by atoms with Crippen molar-refractivity contribution in [2.75, 3.05) is 13.2 Å². The number of rotatable bonds is 41. The van der Waals surface area contributed by atoms with Gasteiger partial charge in [0.1, 0.15) is 13.2 Å². The highest BCUT2D eigenvalue weighted by atomic mass is 16.7. The minimum absolute atomic E-state index is 0.0634. The highest BCUT2D eigenvalue weighted by Crippen LogP contribution is 2.15. The van der Waals surface area contributed by atoms with Gasteiger partial charge in [-0.25, -0.2) is 0 Å². The van der Waals surface area contributed by atoms with Crippen LogP contribution in [0.1, 0.15) is 252 Å². The first-order valence-electron chi connectivity index (χ1n) is 22.5. The van der Waals surface area contributed by atoms with Gasteiger partial charge in [0.15, 0.2) is 6.10 Å². The highest BCUT2D eigenvalue weighted by molar-refractivity contribution is 5.71. The minimum Gasteiger partial charge on any atom is -0.462 e. The van der Waals surface area contributed by atoms with E-state index in [1.165, 1.54) is 154 Å². The molecule has 302 valence electrons. The molecular formula is C45H86O6. The summed E-state index contributed by atoms with van der Waals surface area (Å²) in [6.45, 7) is 6.61. The van der Waals surface area contributed by atoms with Gasteiger partial charge in [-0.1, -0.05) is 213 Å². The molecule has 0 rings (SSSR count). The molecule has 51 heavy (non-hydrogen) atoms. The van der Waals surface area contributed by atoms with Crippen molar-refractivity contribution in [2.24, 2.45) is 0 Å². The summed E-state index contributed by atoms with van der Waals surface area (Å²) in [5.74, 6) is -0.859. The molecule has 0 aromatic rings. The lowest BCUT2D eigenvalue weighted by atomic mass is 10.0. The zero-order chi connectivity index (χ0) is 37.3. The molecule has 0 bridgehead atoms. The van der Waals surface area contributed by atoms with Crippen molar-refractivity contribution in [1.82, 2.24) is 0 Å². The number of unbranched alkanes of at least 4 members (excludes halogenated alkanes) is 30. The summed E-state index contributed by atoms with van der Waals surface area (Å²) in [5, 5.41) is 0. The molecule has 0 N–H and O–H groups in total. The number of carbonyl (C=O) groups is 3. The van der Waals surface area contributed by atoms with Crippen LogP contribution in [-0.2, 0) is 28.6 Å². The molecule has 0 aliphatic rings. The average molecular weight is 724 g/mol. The van der Waals surface area contributed by atoms with Crippen molar-refractivity contribution in [3.8, 4) is 0 Å². The van der Waals surface area contributed by atoms with Crippen molar-refractivity contribution in [3.63, 3.8) is 0 Å². The smallest absolute Gasteiger partial charge is 0.306 e. The third kappa shape index (κ3) is 39.5. The number of ether oxygens (including phenoxy) is 3. The van der Waals surface area contributed by atoms with E-state index in [-0.39, 0.29) is 31.1 Å². The third-order valence-corrected chi connectivity index (χ3v) is 10.1. The largest absolute Gasteiger partial charge is 0.462 e. The predicted molar refractivity (Wildman–Crippen MR) is 215 cm³/mol. The fourth-order valence-electron chi connectivity index (χ4n) is 6.68. The van der Waals surface area contributed by atoms with Crippen LogP contribution < -0.4 is 0 Å². The molecule has 0 aromatic carbocycles. The Bertz CT molecular complexity index is 707. The summed E-state index contributed by atoms with van der Waals surface area (Å²) in [5.41, 5.74) is 0. The molecule has 0 aliphatic heterocycles. The van der Waals surface area contributed by atoms with Gasteiger partial charge in [-0.2, -0.15) is 0 Å². The summed E-state index contributed by atoms with van der Waals surface area (Å²) in [4.78, 5) is 37.5. The van der Waals surface area contributed by atoms with E-state index in [1.54, 1.807) is 0 Å². The average Bonchev–Trinajstić information content (AvgIpc) is 3.12. The fraction of sp³-hybridized carbons (Fsp3) is 0.933. The van der Waals surface area contributed by atoms with E-state index in [0.717, 1.165) is 57.8 Å². The Morgan fingerprint density at radius 3 is 0.784 bits per heavy atom. The highest BCUT2D eigenvalue weighted by Gasteiger charge is 2.19. The molecule has 0 heterocycles. The van der Waals surface area contributed by atoms with Crippen LogP contribution in [0.15, 0.2) is 0 Å². The molecule has 0 amide bonds. The standard InChI is InChI=1S/C45H86O6/c1-4-7-10-13-16-18-20-22-24-26-29-31-34-37-43(46)49-40-42(51-45(48)39-36-33-28-15-12-9-6-3)41-50-44(47)38-35-32-30-27-25-23-21-19-17-14-11-8-5-2/h42H,4-41H2,1-3H3/i45+1. The molecule has 0 fully saturated rings. The zero-order valence-electron chi connectivity index (χ0n) is 34.4. The SMILES string of the molecule is CCCCCCCCCCCCCCCC(=O)OCC(COC(=O)CCCCCCCCCCCCCCC)O[13C](=O)CCCCCCCCC. The third-order valence-electron chi connectivity index (χ3n) is 10.1. The molecule has 0 spiro atoms. The second-order valence-corrected chi connectivity index (χ2v) is 15.3. The Morgan fingerprint density at radius 2 is 0.529 bits per heavy atom. The molecule has 0 saturated carbocycles. The number of carbonyl (C=O) groups excluding carboxylic acids is 3. The first kappa shape index (κ1) is 49.4. The molecule has 6 nitrogen and oxygen atoms in total. The van der Waals surface area contributed by atoms with Gasteiger partial charge in [0, 0.05) is 19.3 Å². The first-order chi connectivity index (χ1) is 25.0. The Kier molecular flexibility index (Phi) is 39.9.